The molecule has 1 aromatic heterocycles. The fourth-order valence-corrected chi connectivity index (χ4v) is 4.18. The van der Waals surface area contributed by atoms with Gasteiger partial charge in [-0.2, -0.15) is 0 Å². The minimum atomic E-state index is -3.75. The number of amides is 1. The van der Waals surface area contributed by atoms with Crippen LogP contribution in [-0.4, -0.2) is 59.8 Å². The zero-order valence-electron chi connectivity index (χ0n) is 17.8. The number of hydrogen-bond acceptors (Lipinski definition) is 8. The molecular formula is C21H29N3O6S. The minimum Gasteiger partial charge on any atom is -0.492 e. The molecule has 10 heteroatoms. The fraction of sp³-hybridized carbons (Fsp3) is 0.524. The normalized spacial score (nSPS) is 16.1. The van der Waals surface area contributed by atoms with Gasteiger partial charge in [-0.25, -0.2) is 13.9 Å². The maximum atomic E-state index is 12.1. The van der Waals surface area contributed by atoms with E-state index in [0.717, 1.165) is 31.4 Å². The highest BCUT2D eigenvalue weighted by molar-refractivity contribution is 7.92. The first kappa shape index (κ1) is 23.2. The number of aryl methyl sites for hydroxylation is 1. The molecule has 0 bridgehead atoms. The lowest BCUT2D eigenvalue weighted by Gasteiger charge is -2.24. The molecule has 1 aromatic carbocycles. The van der Waals surface area contributed by atoms with E-state index in [1.807, 2.05) is 30.3 Å². The molecule has 31 heavy (non-hydrogen) atoms. The van der Waals surface area contributed by atoms with Crippen LogP contribution in [0.4, 0.5) is 0 Å². The Hall–Kier alpha value is -2.43. The summed E-state index contributed by atoms with van der Waals surface area (Å²) in [4.78, 5) is 14.2. The second-order valence-corrected chi connectivity index (χ2v) is 10.5. The quantitative estimate of drug-likeness (QED) is 0.371. The second kappa shape index (κ2) is 9.80. The molecule has 2 N–H and O–H groups in total. The van der Waals surface area contributed by atoms with Gasteiger partial charge >= 0.3 is 0 Å². The van der Waals surface area contributed by atoms with Crippen molar-refractivity contribution in [1.29, 1.82) is 0 Å². The van der Waals surface area contributed by atoms with Crippen LogP contribution < -0.4 is 10.2 Å². The van der Waals surface area contributed by atoms with Crippen LogP contribution in [0.5, 0.6) is 5.75 Å². The van der Waals surface area contributed by atoms with Crippen molar-refractivity contribution < 1.29 is 27.7 Å². The van der Waals surface area contributed by atoms with Crippen LogP contribution in [0.25, 0.3) is 0 Å². The Balaban J connectivity index is 1.55. The van der Waals surface area contributed by atoms with Crippen molar-refractivity contribution in [3.05, 3.63) is 47.9 Å². The number of hydrogen-bond donors (Lipinski definition) is 2. The fourth-order valence-electron chi connectivity index (χ4n) is 3.33. The first-order valence-electron chi connectivity index (χ1n) is 10.2. The molecule has 2 aromatic rings. The third-order valence-electron chi connectivity index (χ3n) is 5.68. The number of aromatic nitrogens is 1. The van der Waals surface area contributed by atoms with E-state index >= 15 is 0 Å². The van der Waals surface area contributed by atoms with Crippen molar-refractivity contribution in [1.82, 2.24) is 15.5 Å². The molecule has 1 saturated carbocycles. The van der Waals surface area contributed by atoms with Crippen LogP contribution in [-0.2, 0) is 27.6 Å². The van der Waals surface area contributed by atoms with Crippen molar-refractivity contribution in [2.75, 3.05) is 19.4 Å². The average Bonchev–Trinajstić information content (AvgIpc) is 3.50. The summed E-state index contributed by atoms with van der Waals surface area (Å²) in [6, 6.07) is 11.9. The standard InChI is InChI=1S/C21H29N3O6S/c1-21(20(25)22-26,31(2,27)28)11-10-16-14-19(30-23-16)15-24(17-8-9-17)12-13-29-18-6-4-3-5-7-18/h3-7,14,17,26H,8-13,15H2,1-2H3,(H,22,25). The molecule has 1 aliphatic rings. The van der Waals surface area contributed by atoms with Gasteiger partial charge in [-0.05, 0) is 44.7 Å². The van der Waals surface area contributed by atoms with Crippen LogP contribution in [0.3, 0.4) is 0 Å². The smallest absolute Gasteiger partial charge is 0.264 e. The van der Waals surface area contributed by atoms with E-state index in [9.17, 15) is 13.2 Å². The van der Waals surface area contributed by atoms with Gasteiger partial charge in [0.1, 0.15) is 17.1 Å². The molecule has 0 radical (unpaired) electrons. The Morgan fingerprint density at radius 3 is 2.68 bits per heavy atom. The van der Waals surface area contributed by atoms with Gasteiger partial charge in [-0.15, -0.1) is 0 Å². The van der Waals surface area contributed by atoms with Crippen molar-refractivity contribution in [3.63, 3.8) is 0 Å². The van der Waals surface area contributed by atoms with Gasteiger partial charge in [0, 0.05) is 24.9 Å². The lowest BCUT2D eigenvalue weighted by atomic mass is 10.0. The SMILES string of the molecule is CC(CCc1cc(CN(CCOc2ccccc2)C2CC2)on1)(C(=O)NO)S(C)(=O)=O. The molecule has 0 aliphatic heterocycles. The lowest BCUT2D eigenvalue weighted by molar-refractivity contribution is -0.131. The molecule has 170 valence electrons. The van der Waals surface area contributed by atoms with Gasteiger partial charge in [0.25, 0.3) is 5.91 Å². The first-order chi connectivity index (χ1) is 14.7. The summed E-state index contributed by atoms with van der Waals surface area (Å²) >= 11 is 0. The van der Waals surface area contributed by atoms with Crippen LogP contribution in [0.1, 0.15) is 37.6 Å². The Labute approximate surface area is 182 Å². The Kier molecular flexibility index (Phi) is 7.34. The van der Waals surface area contributed by atoms with Crippen molar-refractivity contribution in [2.24, 2.45) is 0 Å². The number of benzene rings is 1. The number of sulfone groups is 1. The summed E-state index contributed by atoms with van der Waals surface area (Å²) in [7, 11) is -3.75. The molecule has 0 saturated heterocycles. The lowest BCUT2D eigenvalue weighted by Crippen LogP contribution is -2.49. The molecule has 1 unspecified atom stereocenters. The average molecular weight is 452 g/mol. The predicted molar refractivity (Wildman–Crippen MR) is 113 cm³/mol. The van der Waals surface area contributed by atoms with Crippen LogP contribution in [0.2, 0.25) is 0 Å². The molecule has 1 heterocycles. The second-order valence-electron chi connectivity index (χ2n) is 8.09. The molecule has 1 amide bonds. The largest absolute Gasteiger partial charge is 0.492 e. The molecule has 1 atom stereocenters. The van der Waals surface area contributed by atoms with E-state index in [-0.39, 0.29) is 12.8 Å². The van der Waals surface area contributed by atoms with E-state index in [1.165, 1.54) is 12.4 Å². The maximum absolute atomic E-state index is 12.1. The summed E-state index contributed by atoms with van der Waals surface area (Å²) in [6.07, 6.45) is 3.44. The van der Waals surface area contributed by atoms with Gasteiger partial charge in [0.2, 0.25) is 0 Å². The van der Waals surface area contributed by atoms with Crippen LogP contribution in [0.15, 0.2) is 40.9 Å². The monoisotopic (exact) mass is 451 g/mol. The van der Waals surface area contributed by atoms with E-state index in [2.05, 4.69) is 10.1 Å². The number of hydroxylamine groups is 1. The molecule has 1 aliphatic carbocycles. The highest BCUT2D eigenvalue weighted by atomic mass is 32.2. The predicted octanol–water partition coefficient (Wildman–Crippen LogP) is 1.96. The highest BCUT2D eigenvalue weighted by Crippen LogP contribution is 2.29. The summed E-state index contributed by atoms with van der Waals surface area (Å²) in [6.45, 7) is 3.18. The van der Waals surface area contributed by atoms with Gasteiger partial charge in [-0.1, -0.05) is 23.4 Å². The summed E-state index contributed by atoms with van der Waals surface area (Å²) in [5.41, 5.74) is 2.01. The molecule has 9 nitrogen and oxygen atoms in total. The van der Waals surface area contributed by atoms with E-state index in [0.29, 0.717) is 30.6 Å². The van der Waals surface area contributed by atoms with Gasteiger partial charge in [0.15, 0.2) is 15.6 Å². The van der Waals surface area contributed by atoms with E-state index in [4.69, 9.17) is 14.5 Å². The Morgan fingerprint density at radius 1 is 1.35 bits per heavy atom. The topological polar surface area (TPSA) is 122 Å². The molecule has 3 rings (SSSR count). The number of nitrogens with one attached hydrogen (secondary N) is 1. The summed E-state index contributed by atoms with van der Waals surface area (Å²) < 4.78 is 33.6. The molecular weight excluding hydrogens is 422 g/mol. The Morgan fingerprint density at radius 2 is 2.06 bits per heavy atom. The number of carbonyl (C=O) groups excluding carboxylic acids is 1. The third kappa shape index (κ3) is 6.05. The van der Waals surface area contributed by atoms with E-state index < -0.39 is 20.5 Å². The first-order valence-corrected chi connectivity index (χ1v) is 12.1. The molecule has 0 spiro atoms. The highest BCUT2D eigenvalue weighted by Gasteiger charge is 2.43. The van der Waals surface area contributed by atoms with Crippen molar-refractivity contribution in [2.45, 2.75) is 49.9 Å². The van der Waals surface area contributed by atoms with Gasteiger partial charge in [0.05, 0.1) is 12.2 Å². The summed E-state index contributed by atoms with van der Waals surface area (Å²) in [5.74, 6) is 0.548. The molecule has 1 fully saturated rings. The Bertz CT molecular complexity index is 974. The minimum absolute atomic E-state index is 0.0263. The number of ether oxygens (including phenoxy) is 1. The van der Waals surface area contributed by atoms with Crippen molar-refractivity contribution in [3.8, 4) is 5.75 Å². The number of para-hydroxylation sites is 1. The zero-order valence-corrected chi connectivity index (χ0v) is 18.6. The van der Waals surface area contributed by atoms with Gasteiger partial charge < -0.3 is 9.26 Å². The van der Waals surface area contributed by atoms with E-state index in [1.54, 1.807) is 6.07 Å². The number of nitrogens with zero attached hydrogens (tertiary/aromatic N) is 2. The maximum Gasteiger partial charge on any atom is 0.264 e. The summed E-state index contributed by atoms with van der Waals surface area (Å²) in [5, 5.41) is 12.9. The van der Waals surface area contributed by atoms with Crippen LogP contribution in [0, 0.1) is 0 Å². The van der Waals surface area contributed by atoms with Crippen LogP contribution >= 0.6 is 0 Å². The third-order valence-corrected chi connectivity index (χ3v) is 7.71. The number of carbonyl (C=O) groups is 1. The zero-order chi connectivity index (χ0) is 22.5. The number of rotatable bonds is 12. The van der Waals surface area contributed by atoms with Crippen molar-refractivity contribution >= 4 is 15.7 Å². The van der Waals surface area contributed by atoms with Gasteiger partial charge in [-0.3, -0.25) is 14.9 Å².